The Morgan fingerprint density at radius 3 is 2.77 bits per heavy atom. The summed E-state index contributed by atoms with van der Waals surface area (Å²) in [7, 11) is 0. The molecular weight excluding hydrogens is 396 g/mol. The largest absolute Gasteiger partial charge is 0.388 e. The van der Waals surface area contributed by atoms with Crippen molar-refractivity contribution in [3.63, 3.8) is 0 Å². The van der Waals surface area contributed by atoms with Crippen LogP contribution in [-0.2, 0) is 4.79 Å². The maximum Gasteiger partial charge on any atom is 0.255 e. The zero-order chi connectivity index (χ0) is 22.0. The number of aliphatic hydroxyl groups is 1. The summed E-state index contributed by atoms with van der Waals surface area (Å²) >= 11 is 0. The molecule has 0 bridgehead atoms. The summed E-state index contributed by atoms with van der Waals surface area (Å²) < 4.78 is 0. The van der Waals surface area contributed by atoms with E-state index in [9.17, 15) is 14.7 Å². The van der Waals surface area contributed by atoms with Gasteiger partial charge in [0.2, 0.25) is 5.91 Å². The molecule has 0 spiro atoms. The maximum absolute atomic E-state index is 12.9. The molecule has 4 N–H and O–H groups in total. The molecule has 1 unspecified atom stereocenters. The van der Waals surface area contributed by atoms with E-state index in [1.54, 1.807) is 17.3 Å². The lowest BCUT2D eigenvalue weighted by molar-refractivity contribution is -0.126. The Balaban J connectivity index is 1.44. The molecule has 1 atom stereocenters. The summed E-state index contributed by atoms with van der Waals surface area (Å²) in [4.78, 5) is 38.5. The van der Waals surface area contributed by atoms with Crippen molar-refractivity contribution in [3.05, 3.63) is 30.6 Å². The summed E-state index contributed by atoms with van der Waals surface area (Å²) in [6.07, 6.45) is 9.28. The molecule has 4 rings (SSSR count). The van der Waals surface area contributed by atoms with Gasteiger partial charge in [-0.25, -0.2) is 9.97 Å². The van der Waals surface area contributed by atoms with E-state index in [4.69, 9.17) is 0 Å². The van der Waals surface area contributed by atoms with Gasteiger partial charge >= 0.3 is 0 Å². The third-order valence-corrected chi connectivity index (χ3v) is 6.54. The third kappa shape index (κ3) is 4.27. The topological polar surface area (TPSA) is 123 Å². The average Bonchev–Trinajstić information content (AvgIpc) is 3.19. The predicted molar refractivity (Wildman–Crippen MR) is 118 cm³/mol. The molecule has 31 heavy (non-hydrogen) atoms. The van der Waals surface area contributed by atoms with Crippen LogP contribution in [-0.4, -0.2) is 67.5 Å². The molecule has 3 heterocycles. The number of hydrogen-bond donors (Lipinski definition) is 4. The number of aromatic nitrogens is 3. The molecule has 2 aromatic heterocycles. The monoisotopic (exact) mass is 426 g/mol. The fourth-order valence-electron chi connectivity index (χ4n) is 4.46. The first kappa shape index (κ1) is 21.3. The summed E-state index contributed by atoms with van der Waals surface area (Å²) in [6.45, 7) is 6.83. The molecule has 1 aliphatic carbocycles. The van der Waals surface area contributed by atoms with E-state index in [2.05, 4.69) is 32.2 Å². The van der Waals surface area contributed by atoms with E-state index in [-0.39, 0.29) is 23.9 Å². The Labute approximate surface area is 181 Å². The van der Waals surface area contributed by atoms with Crippen molar-refractivity contribution in [2.75, 3.05) is 18.4 Å². The molecule has 2 aliphatic rings. The number of amides is 2. The zero-order valence-corrected chi connectivity index (χ0v) is 17.9. The molecule has 2 fully saturated rings. The van der Waals surface area contributed by atoms with Crippen molar-refractivity contribution >= 4 is 28.8 Å². The normalized spacial score (nSPS) is 19.5. The quantitative estimate of drug-likeness (QED) is 0.502. The highest BCUT2D eigenvalue weighted by molar-refractivity contribution is 6.04. The molecular formula is C22H30N6O3. The lowest BCUT2D eigenvalue weighted by Gasteiger charge is -2.43. The number of nitrogens with zero attached hydrogens (tertiary/aromatic N) is 3. The van der Waals surface area contributed by atoms with Gasteiger partial charge in [0, 0.05) is 25.3 Å². The van der Waals surface area contributed by atoms with Gasteiger partial charge in [-0.15, -0.1) is 0 Å². The first-order valence-electron chi connectivity index (χ1n) is 11.0. The minimum absolute atomic E-state index is 0.0421. The lowest BCUT2D eigenvalue weighted by Crippen LogP contribution is -2.56. The lowest BCUT2D eigenvalue weighted by atomic mass is 9.74. The minimum Gasteiger partial charge on any atom is -0.388 e. The third-order valence-electron chi connectivity index (χ3n) is 6.54. The van der Waals surface area contributed by atoms with Crippen LogP contribution in [0.2, 0.25) is 0 Å². The molecule has 9 heteroatoms. The molecule has 9 nitrogen and oxygen atoms in total. The van der Waals surface area contributed by atoms with Gasteiger partial charge in [0.1, 0.15) is 11.3 Å². The van der Waals surface area contributed by atoms with E-state index in [0.29, 0.717) is 54.9 Å². The number of carbonyl (C=O) groups excluding carboxylic acids is 2. The van der Waals surface area contributed by atoms with Crippen LogP contribution in [0.4, 0.5) is 5.82 Å². The number of carbonyl (C=O) groups is 2. The van der Waals surface area contributed by atoms with Gasteiger partial charge in [0.15, 0.2) is 5.65 Å². The highest BCUT2D eigenvalue weighted by Crippen LogP contribution is 2.36. The fraction of sp³-hybridized carbons (Fsp3) is 0.545. The van der Waals surface area contributed by atoms with Crippen LogP contribution in [0.15, 0.2) is 25.0 Å². The van der Waals surface area contributed by atoms with Gasteiger partial charge in [0.05, 0.1) is 23.4 Å². The van der Waals surface area contributed by atoms with E-state index in [1.165, 1.54) is 6.08 Å². The van der Waals surface area contributed by atoms with Crippen molar-refractivity contribution in [1.29, 1.82) is 0 Å². The number of anilines is 1. The van der Waals surface area contributed by atoms with Crippen molar-refractivity contribution in [3.8, 4) is 0 Å². The number of nitrogens with one attached hydrogen (secondary N) is 3. The van der Waals surface area contributed by atoms with Crippen molar-refractivity contribution in [2.24, 2.45) is 0 Å². The van der Waals surface area contributed by atoms with Gasteiger partial charge in [-0.2, -0.15) is 0 Å². The molecule has 166 valence electrons. The SMILES string of the molecule is C=CC(=O)N1CCC(Nc2cnc3[nH]cc(C(=O)NC(CC)C4(O)CCC4)c3n2)CC1. The van der Waals surface area contributed by atoms with Crippen LogP contribution in [0.1, 0.15) is 55.8 Å². The highest BCUT2D eigenvalue weighted by atomic mass is 16.3. The van der Waals surface area contributed by atoms with E-state index in [1.807, 2.05) is 6.92 Å². The molecule has 1 saturated heterocycles. The van der Waals surface area contributed by atoms with Crippen molar-refractivity contribution < 1.29 is 14.7 Å². The van der Waals surface area contributed by atoms with Crippen LogP contribution in [0.5, 0.6) is 0 Å². The number of likely N-dealkylation sites (tertiary alicyclic amines) is 1. The molecule has 2 aromatic rings. The van der Waals surface area contributed by atoms with Crippen LogP contribution in [0.25, 0.3) is 11.2 Å². The van der Waals surface area contributed by atoms with Gasteiger partial charge in [-0.05, 0) is 44.6 Å². The standard InChI is InChI=1S/C22H30N6O3/c1-3-16(22(31)8-5-9-22)26-21(30)15-12-23-20-19(15)27-17(13-24-20)25-14-6-10-28(11-7-14)18(29)4-2/h4,12-14,16,31H,2-3,5-11H2,1H3,(H,23,24)(H,25,27)(H,26,30). The number of H-pyrrole nitrogens is 1. The first-order chi connectivity index (χ1) is 14.9. The fourth-order valence-corrected chi connectivity index (χ4v) is 4.46. The molecule has 1 aliphatic heterocycles. The van der Waals surface area contributed by atoms with Crippen LogP contribution >= 0.6 is 0 Å². The first-order valence-corrected chi connectivity index (χ1v) is 11.0. The average molecular weight is 427 g/mol. The van der Waals surface area contributed by atoms with Crippen LogP contribution in [0, 0.1) is 0 Å². The second kappa shape index (κ2) is 8.66. The number of fused-ring (bicyclic) bond motifs is 1. The van der Waals surface area contributed by atoms with Gasteiger partial charge < -0.3 is 25.6 Å². The number of hydrogen-bond acceptors (Lipinski definition) is 6. The van der Waals surface area contributed by atoms with Crippen LogP contribution < -0.4 is 10.6 Å². The second-order valence-electron chi connectivity index (χ2n) is 8.49. The Hall–Kier alpha value is -2.94. The molecule has 0 radical (unpaired) electrons. The predicted octanol–water partition coefficient (Wildman–Crippen LogP) is 1.97. The molecule has 0 aromatic carbocycles. The maximum atomic E-state index is 12.9. The Morgan fingerprint density at radius 1 is 1.42 bits per heavy atom. The highest BCUT2D eigenvalue weighted by Gasteiger charge is 2.42. The zero-order valence-electron chi connectivity index (χ0n) is 17.9. The second-order valence-corrected chi connectivity index (χ2v) is 8.49. The van der Waals surface area contributed by atoms with Gasteiger partial charge in [0.25, 0.3) is 5.91 Å². The number of rotatable bonds is 7. The number of aromatic amines is 1. The Morgan fingerprint density at radius 2 is 2.16 bits per heavy atom. The van der Waals surface area contributed by atoms with Gasteiger partial charge in [-0.3, -0.25) is 9.59 Å². The smallest absolute Gasteiger partial charge is 0.255 e. The summed E-state index contributed by atoms with van der Waals surface area (Å²) in [5, 5.41) is 17.0. The molecule has 1 saturated carbocycles. The summed E-state index contributed by atoms with van der Waals surface area (Å²) in [6, 6.07) is -0.106. The minimum atomic E-state index is -0.809. The van der Waals surface area contributed by atoms with E-state index in [0.717, 1.165) is 19.3 Å². The van der Waals surface area contributed by atoms with E-state index >= 15 is 0 Å². The van der Waals surface area contributed by atoms with Crippen molar-refractivity contribution in [1.82, 2.24) is 25.2 Å². The van der Waals surface area contributed by atoms with E-state index < -0.39 is 5.60 Å². The van der Waals surface area contributed by atoms with Gasteiger partial charge in [-0.1, -0.05) is 13.5 Å². The Bertz CT molecular complexity index is 975. The van der Waals surface area contributed by atoms with Crippen molar-refractivity contribution in [2.45, 2.75) is 63.1 Å². The van der Waals surface area contributed by atoms with Crippen LogP contribution in [0.3, 0.4) is 0 Å². The molecule has 2 amide bonds. The summed E-state index contributed by atoms with van der Waals surface area (Å²) in [5.74, 6) is 0.292. The number of piperidine rings is 1. The Kier molecular flexibility index (Phi) is 5.95. The summed E-state index contributed by atoms with van der Waals surface area (Å²) in [5.41, 5.74) is 0.644.